The number of carbonyl (C=O) groups is 2. The molecule has 0 spiro atoms. The molecule has 30 heavy (non-hydrogen) atoms. The molecule has 1 aliphatic rings. The van der Waals surface area contributed by atoms with Crippen molar-refractivity contribution in [1.82, 2.24) is 15.0 Å². The van der Waals surface area contributed by atoms with E-state index in [4.69, 9.17) is 4.52 Å². The van der Waals surface area contributed by atoms with Gasteiger partial charge < -0.3 is 14.7 Å². The molecule has 4 rings (SSSR count). The molecule has 1 saturated heterocycles. The van der Waals surface area contributed by atoms with Crippen LogP contribution in [0.1, 0.15) is 43.7 Å². The number of piperidine rings is 1. The number of benzene rings is 1. The normalized spacial score (nSPS) is 14.8. The van der Waals surface area contributed by atoms with Crippen molar-refractivity contribution in [1.29, 1.82) is 0 Å². The van der Waals surface area contributed by atoms with Crippen LogP contribution in [0.4, 0.5) is 10.1 Å². The number of hydrogen-bond donors (Lipinski definition) is 1. The number of nitrogens with one attached hydrogen (secondary N) is 1. The summed E-state index contributed by atoms with van der Waals surface area (Å²) in [6.07, 6.45) is 5.87. The Morgan fingerprint density at radius 1 is 1.13 bits per heavy atom. The third kappa shape index (κ3) is 4.64. The largest absolute Gasteiger partial charge is 0.356 e. The van der Waals surface area contributed by atoms with Crippen molar-refractivity contribution < 1.29 is 18.5 Å². The highest BCUT2D eigenvalue weighted by Gasteiger charge is 2.27. The van der Waals surface area contributed by atoms with Crippen molar-refractivity contribution >= 4 is 28.5 Å². The van der Waals surface area contributed by atoms with E-state index in [1.807, 2.05) is 4.90 Å². The number of likely N-dealkylation sites (tertiary alicyclic amines) is 1. The van der Waals surface area contributed by atoms with Crippen LogP contribution in [0.25, 0.3) is 11.0 Å². The molecule has 1 aliphatic heterocycles. The molecule has 0 aliphatic carbocycles. The van der Waals surface area contributed by atoms with Crippen molar-refractivity contribution in [3.63, 3.8) is 0 Å². The lowest BCUT2D eigenvalue weighted by atomic mass is 9.91. The molecular formula is C22H23FN4O3. The number of amides is 2. The lowest BCUT2D eigenvalue weighted by Crippen LogP contribution is -2.38. The van der Waals surface area contributed by atoms with Crippen molar-refractivity contribution in [2.45, 2.75) is 38.0 Å². The van der Waals surface area contributed by atoms with Gasteiger partial charge in [-0.2, -0.15) is 0 Å². The Labute approximate surface area is 173 Å². The molecule has 1 N–H and O–H groups in total. The Morgan fingerprint density at radius 3 is 2.67 bits per heavy atom. The lowest BCUT2D eigenvalue weighted by molar-refractivity contribution is -0.132. The Kier molecular flexibility index (Phi) is 6.02. The maximum absolute atomic E-state index is 13.6. The molecule has 156 valence electrons. The monoisotopic (exact) mass is 410 g/mol. The van der Waals surface area contributed by atoms with Gasteiger partial charge in [0, 0.05) is 55.3 Å². The molecule has 0 saturated carbocycles. The zero-order chi connectivity index (χ0) is 20.9. The van der Waals surface area contributed by atoms with Crippen LogP contribution < -0.4 is 5.32 Å². The molecule has 3 heterocycles. The van der Waals surface area contributed by atoms with E-state index >= 15 is 0 Å². The Morgan fingerprint density at radius 2 is 1.90 bits per heavy atom. The van der Waals surface area contributed by atoms with Crippen LogP contribution in [0.2, 0.25) is 0 Å². The number of fused-ring (bicyclic) bond motifs is 1. The molecule has 1 fully saturated rings. The summed E-state index contributed by atoms with van der Waals surface area (Å²) in [4.78, 5) is 30.2. The van der Waals surface area contributed by atoms with Gasteiger partial charge in [0.1, 0.15) is 5.82 Å². The molecule has 1 aromatic carbocycles. The second-order valence-electron chi connectivity index (χ2n) is 7.50. The summed E-state index contributed by atoms with van der Waals surface area (Å²) in [5.41, 5.74) is 2.04. The van der Waals surface area contributed by atoms with E-state index in [9.17, 15) is 14.0 Å². The maximum atomic E-state index is 13.6. The highest BCUT2D eigenvalue weighted by molar-refractivity contribution is 5.90. The summed E-state index contributed by atoms with van der Waals surface area (Å²) in [5, 5.41) is 7.64. The average Bonchev–Trinajstić information content (AvgIpc) is 3.17. The first-order chi connectivity index (χ1) is 14.6. The molecule has 8 heteroatoms. The van der Waals surface area contributed by atoms with Crippen molar-refractivity contribution in [2.24, 2.45) is 0 Å². The van der Waals surface area contributed by atoms with E-state index in [2.05, 4.69) is 15.5 Å². The molecule has 0 atom stereocenters. The van der Waals surface area contributed by atoms with Crippen LogP contribution in [0.5, 0.6) is 0 Å². The first kappa shape index (κ1) is 20.0. The van der Waals surface area contributed by atoms with Crippen molar-refractivity contribution in [2.75, 3.05) is 18.4 Å². The van der Waals surface area contributed by atoms with E-state index in [0.29, 0.717) is 49.0 Å². The SMILES string of the molecule is O=C(CCCC(=O)N1CCC(c2noc3ccc(F)cc23)CC1)Nc1ccncc1. The Bertz CT molecular complexity index is 1030. The van der Waals surface area contributed by atoms with Gasteiger partial charge in [-0.1, -0.05) is 5.16 Å². The van der Waals surface area contributed by atoms with Gasteiger partial charge in [0.25, 0.3) is 0 Å². The minimum atomic E-state index is -0.312. The first-order valence-corrected chi connectivity index (χ1v) is 10.1. The lowest BCUT2D eigenvalue weighted by Gasteiger charge is -2.31. The minimum absolute atomic E-state index is 0.0567. The summed E-state index contributed by atoms with van der Waals surface area (Å²) >= 11 is 0. The second-order valence-corrected chi connectivity index (χ2v) is 7.50. The van der Waals surface area contributed by atoms with E-state index in [0.717, 1.165) is 18.5 Å². The van der Waals surface area contributed by atoms with Crippen LogP contribution >= 0.6 is 0 Å². The number of halogens is 1. The average molecular weight is 410 g/mol. The fourth-order valence-corrected chi connectivity index (χ4v) is 3.84. The predicted molar refractivity (Wildman–Crippen MR) is 109 cm³/mol. The minimum Gasteiger partial charge on any atom is -0.356 e. The van der Waals surface area contributed by atoms with Crippen LogP contribution in [-0.4, -0.2) is 39.9 Å². The molecule has 2 amide bonds. The highest BCUT2D eigenvalue weighted by atomic mass is 19.1. The quantitative estimate of drug-likeness (QED) is 0.666. The maximum Gasteiger partial charge on any atom is 0.224 e. The molecule has 3 aromatic rings. The third-order valence-electron chi connectivity index (χ3n) is 5.45. The van der Waals surface area contributed by atoms with Gasteiger partial charge in [0.2, 0.25) is 11.8 Å². The van der Waals surface area contributed by atoms with E-state index in [-0.39, 0.29) is 23.5 Å². The van der Waals surface area contributed by atoms with Crippen molar-refractivity contribution in [3.05, 3.63) is 54.2 Å². The van der Waals surface area contributed by atoms with E-state index in [1.54, 1.807) is 30.6 Å². The van der Waals surface area contributed by atoms with Gasteiger partial charge >= 0.3 is 0 Å². The fraction of sp³-hybridized carbons (Fsp3) is 0.364. The number of pyridine rings is 1. The molecule has 0 unspecified atom stereocenters. The molecule has 0 radical (unpaired) electrons. The van der Waals surface area contributed by atoms with Crippen LogP contribution in [0, 0.1) is 5.82 Å². The number of anilines is 1. The zero-order valence-corrected chi connectivity index (χ0v) is 16.5. The van der Waals surface area contributed by atoms with Gasteiger partial charge in [0.05, 0.1) is 5.69 Å². The third-order valence-corrected chi connectivity index (χ3v) is 5.45. The standard InChI is InChI=1S/C22H23FN4O3/c23-16-4-5-19-18(14-16)22(26-30-19)15-8-12-27(13-9-15)21(29)3-1-2-20(28)25-17-6-10-24-11-7-17/h4-7,10-11,14-15H,1-3,8-9,12-13H2,(H,24,25,28). The first-order valence-electron chi connectivity index (χ1n) is 10.1. The highest BCUT2D eigenvalue weighted by Crippen LogP contribution is 2.33. The van der Waals surface area contributed by atoms with Crippen LogP contribution in [0.3, 0.4) is 0 Å². The smallest absolute Gasteiger partial charge is 0.224 e. The molecule has 7 nitrogen and oxygen atoms in total. The van der Waals surface area contributed by atoms with Crippen molar-refractivity contribution in [3.8, 4) is 0 Å². The molecule has 0 bridgehead atoms. The number of nitrogens with zero attached hydrogens (tertiary/aromatic N) is 3. The van der Waals surface area contributed by atoms with Gasteiger partial charge in [-0.25, -0.2) is 4.39 Å². The van der Waals surface area contributed by atoms with E-state index < -0.39 is 0 Å². The summed E-state index contributed by atoms with van der Waals surface area (Å²) in [6, 6.07) is 7.84. The summed E-state index contributed by atoms with van der Waals surface area (Å²) in [7, 11) is 0. The second kappa shape index (κ2) is 9.02. The number of rotatable bonds is 6. The van der Waals surface area contributed by atoms with Gasteiger partial charge in [-0.15, -0.1) is 0 Å². The number of hydrogen-bond acceptors (Lipinski definition) is 5. The van der Waals surface area contributed by atoms with Crippen LogP contribution in [0.15, 0.2) is 47.2 Å². The van der Waals surface area contributed by atoms with Gasteiger partial charge in [0.15, 0.2) is 5.58 Å². The molecule has 2 aromatic heterocycles. The molecular weight excluding hydrogens is 387 g/mol. The summed E-state index contributed by atoms with van der Waals surface area (Å²) in [6.45, 7) is 1.24. The number of carbonyl (C=O) groups excluding carboxylic acids is 2. The topological polar surface area (TPSA) is 88.3 Å². The fourth-order valence-electron chi connectivity index (χ4n) is 3.84. The number of aromatic nitrogens is 2. The van der Waals surface area contributed by atoms with Crippen LogP contribution in [-0.2, 0) is 9.59 Å². The van der Waals surface area contributed by atoms with Gasteiger partial charge in [-0.05, 0) is 49.6 Å². The van der Waals surface area contributed by atoms with E-state index in [1.165, 1.54) is 12.1 Å². The predicted octanol–water partition coefficient (Wildman–Crippen LogP) is 3.88. The Balaban J connectivity index is 1.23. The zero-order valence-electron chi connectivity index (χ0n) is 16.5. The summed E-state index contributed by atoms with van der Waals surface area (Å²) in [5.74, 6) is -0.227. The van der Waals surface area contributed by atoms with Gasteiger partial charge in [-0.3, -0.25) is 14.6 Å². The Hall–Kier alpha value is -3.29. The summed E-state index contributed by atoms with van der Waals surface area (Å²) < 4.78 is 18.9.